The Labute approximate surface area is 164 Å². The van der Waals surface area contributed by atoms with Gasteiger partial charge in [0.2, 0.25) is 0 Å². The van der Waals surface area contributed by atoms with E-state index in [-0.39, 0.29) is 17.8 Å². The third-order valence-electron chi connectivity index (χ3n) is 5.55. The molecule has 3 aromatic rings. The van der Waals surface area contributed by atoms with Gasteiger partial charge in [-0.15, -0.1) is 0 Å². The predicted molar refractivity (Wildman–Crippen MR) is 110 cm³/mol. The number of anilines is 1. The summed E-state index contributed by atoms with van der Waals surface area (Å²) in [5, 5.41) is 7.23. The van der Waals surface area contributed by atoms with Crippen LogP contribution in [0.25, 0.3) is 10.8 Å². The van der Waals surface area contributed by atoms with E-state index < -0.39 is 5.82 Å². The van der Waals surface area contributed by atoms with Gasteiger partial charge >= 0.3 is 6.03 Å². The average molecular weight is 377 g/mol. The number of fused-ring (bicyclic) bond motifs is 1. The molecule has 0 spiro atoms. The van der Waals surface area contributed by atoms with Gasteiger partial charge in [0.15, 0.2) is 0 Å². The van der Waals surface area contributed by atoms with Crippen molar-refractivity contribution in [2.75, 3.05) is 5.32 Å². The van der Waals surface area contributed by atoms with Crippen LogP contribution in [-0.4, -0.2) is 17.1 Å². The lowest BCUT2D eigenvalue weighted by molar-refractivity contribution is 0.248. The van der Waals surface area contributed by atoms with Crippen LogP contribution in [0.4, 0.5) is 14.9 Å². The maximum absolute atomic E-state index is 14.4. The van der Waals surface area contributed by atoms with Gasteiger partial charge < -0.3 is 10.6 Å². The number of carbonyl (C=O) groups is 1. The topological polar surface area (TPSA) is 54.0 Å². The number of halogens is 1. The Hall–Kier alpha value is -2.95. The highest BCUT2D eigenvalue weighted by atomic mass is 19.1. The molecule has 0 saturated heterocycles. The molecule has 1 fully saturated rings. The van der Waals surface area contributed by atoms with Crippen molar-refractivity contribution in [3.8, 4) is 0 Å². The van der Waals surface area contributed by atoms with Crippen LogP contribution in [0.2, 0.25) is 0 Å². The van der Waals surface area contributed by atoms with E-state index in [0.29, 0.717) is 11.3 Å². The zero-order valence-corrected chi connectivity index (χ0v) is 15.9. The summed E-state index contributed by atoms with van der Waals surface area (Å²) in [6.07, 6.45) is 5.34. The fourth-order valence-corrected chi connectivity index (χ4v) is 4.03. The van der Waals surface area contributed by atoms with Crippen molar-refractivity contribution >= 4 is 22.5 Å². The normalized spacial score (nSPS) is 18.9. The predicted octanol–water partition coefficient (Wildman–Crippen LogP) is 5.39. The maximum atomic E-state index is 14.4. The second-order valence-corrected chi connectivity index (χ2v) is 7.39. The molecule has 1 aliphatic rings. The smallest absolute Gasteiger partial charge is 0.319 e. The van der Waals surface area contributed by atoms with Gasteiger partial charge in [0.25, 0.3) is 0 Å². The molecule has 1 saturated carbocycles. The molecule has 2 N–H and O–H groups in total. The largest absolute Gasteiger partial charge is 0.335 e. The number of hydrogen-bond acceptors (Lipinski definition) is 2. The van der Waals surface area contributed by atoms with Crippen molar-refractivity contribution in [2.45, 2.75) is 44.6 Å². The highest BCUT2D eigenvalue weighted by Crippen LogP contribution is 2.34. The zero-order chi connectivity index (χ0) is 19.5. The number of urea groups is 1. The van der Waals surface area contributed by atoms with Crippen LogP contribution in [0, 0.1) is 5.82 Å². The van der Waals surface area contributed by atoms with Crippen LogP contribution in [-0.2, 0) is 6.42 Å². The van der Waals surface area contributed by atoms with E-state index >= 15 is 0 Å². The van der Waals surface area contributed by atoms with Crippen LogP contribution in [0.5, 0.6) is 0 Å². The standard InChI is InChI=1S/C23H24FN3O/c1-2-18-13-20-17(14-25-18)9-11-21(24)22(20)27-23(28)26-19-10-8-16(12-19)15-6-4-3-5-7-15/h3-7,9,11,13-14,16,19H,2,8,10,12H2,1H3,(H2,26,27,28). The minimum Gasteiger partial charge on any atom is -0.335 e. The quantitative estimate of drug-likeness (QED) is 0.640. The molecule has 0 aliphatic heterocycles. The molecule has 5 heteroatoms. The molecular formula is C23H24FN3O. The van der Waals surface area contributed by atoms with Gasteiger partial charge in [-0.25, -0.2) is 9.18 Å². The second kappa shape index (κ2) is 7.97. The lowest BCUT2D eigenvalue weighted by Crippen LogP contribution is -2.36. The first kappa shape index (κ1) is 18.4. The molecule has 2 unspecified atom stereocenters. The Morgan fingerprint density at radius 2 is 2.00 bits per heavy atom. The van der Waals surface area contributed by atoms with Gasteiger partial charge in [0.05, 0.1) is 5.69 Å². The van der Waals surface area contributed by atoms with E-state index in [2.05, 4.69) is 27.8 Å². The molecule has 0 radical (unpaired) electrons. The van der Waals surface area contributed by atoms with Crippen molar-refractivity contribution in [2.24, 2.45) is 0 Å². The number of nitrogens with one attached hydrogen (secondary N) is 2. The number of rotatable bonds is 4. The third kappa shape index (κ3) is 3.84. The zero-order valence-electron chi connectivity index (χ0n) is 15.9. The Kier molecular flexibility index (Phi) is 5.24. The lowest BCUT2D eigenvalue weighted by Gasteiger charge is -2.16. The maximum Gasteiger partial charge on any atom is 0.319 e. The van der Waals surface area contributed by atoms with Crippen molar-refractivity contribution < 1.29 is 9.18 Å². The Balaban J connectivity index is 1.46. The molecule has 1 aromatic heterocycles. The minimum atomic E-state index is -0.440. The fraction of sp³-hybridized carbons (Fsp3) is 0.304. The number of benzene rings is 2. The highest BCUT2D eigenvalue weighted by Gasteiger charge is 2.27. The number of aryl methyl sites for hydroxylation is 1. The summed E-state index contributed by atoms with van der Waals surface area (Å²) in [7, 11) is 0. The van der Waals surface area contributed by atoms with Crippen molar-refractivity contribution in [1.82, 2.24) is 10.3 Å². The lowest BCUT2D eigenvalue weighted by atomic mass is 9.98. The number of amides is 2. The van der Waals surface area contributed by atoms with E-state index in [1.54, 1.807) is 12.3 Å². The van der Waals surface area contributed by atoms with Gasteiger partial charge in [-0.2, -0.15) is 0 Å². The third-order valence-corrected chi connectivity index (χ3v) is 5.55. The first-order valence-electron chi connectivity index (χ1n) is 9.83. The molecule has 2 atom stereocenters. The van der Waals surface area contributed by atoms with Crippen LogP contribution >= 0.6 is 0 Å². The monoisotopic (exact) mass is 377 g/mol. The van der Waals surface area contributed by atoms with Crippen molar-refractivity contribution in [3.05, 3.63) is 71.8 Å². The molecule has 2 amide bonds. The van der Waals surface area contributed by atoms with E-state index in [1.807, 2.05) is 31.2 Å². The van der Waals surface area contributed by atoms with E-state index in [9.17, 15) is 9.18 Å². The van der Waals surface area contributed by atoms with Gasteiger partial charge in [0, 0.05) is 28.7 Å². The van der Waals surface area contributed by atoms with Gasteiger partial charge in [-0.3, -0.25) is 4.98 Å². The van der Waals surface area contributed by atoms with Gasteiger partial charge in [-0.1, -0.05) is 37.3 Å². The van der Waals surface area contributed by atoms with Crippen LogP contribution in [0.15, 0.2) is 54.7 Å². The Morgan fingerprint density at radius 3 is 2.79 bits per heavy atom. The van der Waals surface area contributed by atoms with Crippen LogP contribution in [0.3, 0.4) is 0 Å². The molecule has 28 heavy (non-hydrogen) atoms. The molecule has 4 rings (SSSR count). The summed E-state index contributed by atoms with van der Waals surface area (Å²) in [6.45, 7) is 2.00. The minimum absolute atomic E-state index is 0.0936. The summed E-state index contributed by atoms with van der Waals surface area (Å²) in [4.78, 5) is 16.9. The first-order valence-corrected chi connectivity index (χ1v) is 9.83. The van der Waals surface area contributed by atoms with Gasteiger partial charge in [0.1, 0.15) is 5.82 Å². The number of carbonyl (C=O) groups excluding carboxylic acids is 1. The molecule has 0 bridgehead atoms. The number of hydrogen-bond donors (Lipinski definition) is 2. The summed E-state index contributed by atoms with van der Waals surface area (Å²) >= 11 is 0. The number of nitrogens with zero attached hydrogens (tertiary/aromatic N) is 1. The summed E-state index contributed by atoms with van der Waals surface area (Å²) < 4.78 is 14.4. The van der Waals surface area contributed by atoms with Crippen molar-refractivity contribution in [3.63, 3.8) is 0 Å². The van der Waals surface area contributed by atoms with Crippen molar-refractivity contribution in [1.29, 1.82) is 0 Å². The summed E-state index contributed by atoms with van der Waals surface area (Å²) in [5.41, 5.74) is 2.39. The van der Waals surface area contributed by atoms with Crippen LogP contribution in [0.1, 0.15) is 43.4 Å². The molecule has 2 aromatic carbocycles. The average Bonchev–Trinajstić information content (AvgIpc) is 3.19. The number of pyridine rings is 1. The van der Waals surface area contributed by atoms with Crippen LogP contribution < -0.4 is 10.6 Å². The molecule has 144 valence electrons. The number of aromatic nitrogens is 1. The Morgan fingerprint density at radius 1 is 1.18 bits per heavy atom. The van der Waals surface area contributed by atoms with Gasteiger partial charge in [-0.05, 0) is 55.4 Å². The molecule has 4 nitrogen and oxygen atoms in total. The highest BCUT2D eigenvalue weighted by molar-refractivity contribution is 6.01. The second-order valence-electron chi connectivity index (χ2n) is 7.39. The molecule has 1 aliphatic carbocycles. The van der Waals surface area contributed by atoms with E-state index in [0.717, 1.165) is 36.8 Å². The van der Waals surface area contributed by atoms with E-state index in [1.165, 1.54) is 11.6 Å². The summed E-state index contributed by atoms with van der Waals surface area (Å²) in [5.74, 6) is 0.0171. The fourth-order valence-electron chi connectivity index (χ4n) is 4.03. The SMILES string of the molecule is CCc1cc2c(NC(=O)NC3CCC(c4ccccc4)C3)c(F)ccc2cn1. The molecule has 1 heterocycles. The Bertz CT molecular complexity index is 990. The summed E-state index contributed by atoms with van der Waals surface area (Å²) in [6, 6.07) is 15.0. The molecular weight excluding hydrogens is 353 g/mol. The first-order chi connectivity index (χ1) is 13.6. The van der Waals surface area contributed by atoms with E-state index in [4.69, 9.17) is 0 Å².